The summed E-state index contributed by atoms with van der Waals surface area (Å²) in [4.78, 5) is 0. The zero-order valence-electron chi connectivity index (χ0n) is 11.7. The van der Waals surface area contributed by atoms with Crippen LogP contribution < -0.4 is 0 Å². The lowest BCUT2D eigenvalue weighted by Gasteiger charge is -1.97. The Bertz CT molecular complexity index is 99.1. The fourth-order valence-electron chi connectivity index (χ4n) is 0.850. The van der Waals surface area contributed by atoms with Gasteiger partial charge in [0.25, 0.3) is 0 Å². The third-order valence-corrected chi connectivity index (χ3v) is 1.92. The zero-order valence-corrected chi connectivity index (χ0v) is 11.7. The van der Waals surface area contributed by atoms with Crippen molar-refractivity contribution in [2.24, 2.45) is 0 Å². The summed E-state index contributed by atoms with van der Waals surface area (Å²) in [7, 11) is 0. The lowest BCUT2D eigenvalue weighted by molar-refractivity contribution is 0.416. The number of rotatable bonds is 0. The van der Waals surface area contributed by atoms with E-state index >= 15 is 0 Å². The highest BCUT2D eigenvalue weighted by molar-refractivity contribution is 4.94. The number of ether oxygens (including phenoxy) is 2. The Kier molecular flexibility index (Phi) is 13.8. The molecule has 1 saturated carbocycles. The van der Waals surface area contributed by atoms with E-state index in [2.05, 4.69) is 6.92 Å². The van der Waals surface area contributed by atoms with Gasteiger partial charge in [0.1, 0.15) is 0 Å². The van der Waals surface area contributed by atoms with Crippen LogP contribution in [0.15, 0.2) is 0 Å². The predicted octanol–water partition coefficient (Wildman–Crippen LogP) is 4.03. The first-order valence-electron chi connectivity index (χ1n) is 6.63. The Morgan fingerprint density at radius 2 is 1.07 bits per heavy atom. The SMILES string of the molecule is C1CC2OC12.CC.CC.CC.CC1CO1. The maximum Gasteiger partial charge on any atom is 0.0842 e. The molecule has 1 aliphatic carbocycles. The molecule has 2 aliphatic heterocycles. The molecule has 3 atom stereocenters. The summed E-state index contributed by atoms with van der Waals surface area (Å²) in [5.74, 6) is 0. The topological polar surface area (TPSA) is 25.1 Å². The van der Waals surface area contributed by atoms with Crippen LogP contribution in [0.4, 0.5) is 0 Å². The molecule has 2 saturated heterocycles. The van der Waals surface area contributed by atoms with Gasteiger partial charge in [0.2, 0.25) is 0 Å². The Morgan fingerprint density at radius 3 is 1.07 bits per heavy atom. The highest BCUT2D eigenvalue weighted by Gasteiger charge is 2.46. The van der Waals surface area contributed by atoms with Crippen LogP contribution in [0.3, 0.4) is 0 Å². The summed E-state index contributed by atoms with van der Waals surface area (Å²) in [6.45, 7) is 15.0. The summed E-state index contributed by atoms with van der Waals surface area (Å²) in [6.07, 6.45) is 4.72. The van der Waals surface area contributed by atoms with E-state index in [0.717, 1.165) is 18.8 Å². The number of hydrogen-bond acceptors (Lipinski definition) is 2. The average molecular weight is 218 g/mol. The molecular weight excluding hydrogens is 188 g/mol. The van der Waals surface area contributed by atoms with Gasteiger partial charge in [0.15, 0.2) is 0 Å². The molecular formula is C13H30O2. The second kappa shape index (κ2) is 12.0. The molecule has 0 aromatic heterocycles. The van der Waals surface area contributed by atoms with Crippen molar-refractivity contribution in [1.82, 2.24) is 0 Å². The summed E-state index contributed by atoms with van der Waals surface area (Å²) in [5, 5.41) is 0. The van der Waals surface area contributed by atoms with Crippen LogP contribution in [-0.2, 0) is 9.47 Å². The van der Waals surface area contributed by atoms with Crippen LogP contribution in [0.1, 0.15) is 61.3 Å². The van der Waals surface area contributed by atoms with Crippen LogP contribution in [0.5, 0.6) is 0 Å². The first-order chi connectivity index (χ1) is 7.36. The lowest BCUT2D eigenvalue weighted by Crippen LogP contribution is -2.04. The van der Waals surface area contributed by atoms with Crippen molar-refractivity contribution in [1.29, 1.82) is 0 Å². The summed E-state index contributed by atoms with van der Waals surface area (Å²) in [6, 6.07) is 0. The van der Waals surface area contributed by atoms with E-state index in [4.69, 9.17) is 9.47 Å². The molecule has 3 rings (SSSR count). The van der Waals surface area contributed by atoms with Crippen molar-refractivity contribution in [2.75, 3.05) is 6.61 Å². The van der Waals surface area contributed by atoms with Gasteiger partial charge in [-0.15, -0.1) is 0 Å². The molecule has 3 aliphatic rings. The van der Waals surface area contributed by atoms with Gasteiger partial charge in [0, 0.05) is 0 Å². The minimum absolute atomic E-state index is 0.583. The van der Waals surface area contributed by atoms with E-state index in [1.165, 1.54) is 12.8 Å². The molecule has 94 valence electrons. The third kappa shape index (κ3) is 10.2. The van der Waals surface area contributed by atoms with Gasteiger partial charge in [-0.3, -0.25) is 0 Å². The van der Waals surface area contributed by atoms with Crippen molar-refractivity contribution < 1.29 is 9.47 Å². The van der Waals surface area contributed by atoms with Crippen molar-refractivity contribution in [2.45, 2.75) is 79.6 Å². The van der Waals surface area contributed by atoms with E-state index < -0.39 is 0 Å². The minimum Gasteiger partial charge on any atom is -0.373 e. The van der Waals surface area contributed by atoms with Gasteiger partial charge >= 0.3 is 0 Å². The van der Waals surface area contributed by atoms with Crippen molar-refractivity contribution in [3.05, 3.63) is 0 Å². The lowest BCUT2D eigenvalue weighted by atomic mass is 10.0. The highest BCUT2D eigenvalue weighted by atomic mass is 16.6. The molecule has 0 aromatic rings. The molecule has 15 heavy (non-hydrogen) atoms. The molecule has 2 heterocycles. The average Bonchev–Trinajstić information content (AvgIpc) is 3.19. The van der Waals surface area contributed by atoms with Gasteiger partial charge in [-0.2, -0.15) is 0 Å². The second-order valence-corrected chi connectivity index (χ2v) is 2.93. The molecule has 2 nitrogen and oxygen atoms in total. The van der Waals surface area contributed by atoms with Crippen LogP contribution in [-0.4, -0.2) is 24.9 Å². The molecule has 0 N–H and O–H groups in total. The fourth-order valence-corrected chi connectivity index (χ4v) is 0.850. The van der Waals surface area contributed by atoms with Gasteiger partial charge in [0.05, 0.1) is 24.9 Å². The van der Waals surface area contributed by atoms with Crippen LogP contribution in [0.25, 0.3) is 0 Å². The molecule has 0 aromatic carbocycles. The van der Waals surface area contributed by atoms with E-state index in [-0.39, 0.29) is 0 Å². The van der Waals surface area contributed by atoms with Crippen LogP contribution in [0, 0.1) is 0 Å². The first-order valence-corrected chi connectivity index (χ1v) is 6.63. The summed E-state index contributed by atoms with van der Waals surface area (Å²) < 4.78 is 9.74. The Morgan fingerprint density at radius 1 is 0.800 bits per heavy atom. The molecule has 0 radical (unpaired) electrons. The van der Waals surface area contributed by atoms with E-state index in [1.807, 2.05) is 41.5 Å². The summed E-state index contributed by atoms with van der Waals surface area (Å²) in [5.41, 5.74) is 0. The smallest absolute Gasteiger partial charge is 0.0842 e. The standard InChI is InChI=1S/C4H6O.C3H6O.3C2H6/c1-2-4-3(1)5-4;1-3-2-4-3;3*1-2/h3-4H,1-2H2;3H,2H2,1H3;3*1-2H3. The number of hydrogen-bond donors (Lipinski definition) is 0. The minimum atomic E-state index is 0.583. The van der Waals surface area contributed by atoms with Gasteiger partial charge in [-0.25, -0.2) is 0 Å². The molecule has 0 spiro atoms. The quantitative estimate of drug-likeness (QED) is 0.573. The third-order valence-electron chi connectivity index (χ3n) is 1.92. The Hall–Kier alpha value is -0.0800. The van der Waals surface area contributed by atoms with Crippen molar-refractivity contribution in [3.63, 3.8) is 0 Å². The van der Waals surface area contributed by atoms with Crippen molar-refractivity contribution in [3.8, 4) is 0 Å². The van der Waals surface area contributed by atoms with E-state index in [1.54, 1.807) is 0 Å². The van der Waals surface area contributed by atoms with E-state index in [0.29, 0.717) is 6.10 Å². The maximum absolute atomic E-state index is 5.03. The van der Waals surface area contributed by atoms with Gasteiger partial charge < -0.3 is 9.47 Å². The largest absolute Gasteiger partial charge is 0.373 e. The Labute approximate surface area is 96.4 Å². The maximum atomic E-state index is 5.03. The van der Waals surface area contributed by atoms with Gasteiger partial charge in [-0.1, -0.05) is 41.5 Å². The summed E-state index contributed by atoms with van der Waals surface area (Å²) >= 11 is 0. The molecule has 3 unspecified atom stereocenters. The normalized spacial score (nSPS) is 31.0. The molecule has 0 amide bonds. The number of fused-ring (bicyclic) bond motifs is 1. The van der Waals surface area contributed by atoms with Crippen LogP contribution in [0.2, 0.25) is 0 Å². The zero-order chi connectivity index (χ0) is 12.3. The Balaban J connectivity index is 0. The first kappa shape index (κ1) is 17.3. The molecule has 3 fully saturated rings. The van der Waals surface area contributed by atoms with Gasteiger partial charge in [-0.05, 0) is 19.8 Å². The number of epoxide rings is 2. The van der Waals surface area contributed by atoms with Crippen molar-refractivity contribution >= 4 is 0 Å². The van der Waals surface area contributed by atoms with Crippen LogP contribution >= 0.6 is 0 Å². The fraction of sp³-hybridized carbons (Fsp3) is 1.00. The molecule has 0 bridgehead atoms. The predicted molar refractivity (Wildman–Crippen MR) is 67.4 cm³/mol. The van der Waals surface area contributed by atoms with E-state index in [9.17, 15) is 0 Å². The monoisotopic (exact) mass is 218 g/mol. The highest BCUT2D eigenvalue weighted by Crippen LogP contribution is 2.40. The second-order valence-electron chi connectivity index (χ2n) is 2.93. The molecule has 2 heteroatoms.